The number of alkyl halides is 1. The monoisotopic (exact) mass is 232 g/mol. The summed E-state index contributed by atoms with van der Waals surface area (Å²) in [6.45, 7) is 9.88. The van der Waals surface area contributed by atoms with Crippen molar-refractivity contribution in [1.29, 1.82) is 0 Å². The summed E-state index contributed by atoms with van der Waals surface area (Å²) in [5.74, 6) is -1.15. The molecule has 0 aliphatic heterocycles. The van der Waals surface area contributed by atoms with Crippen LogP contribution >= 0.6 is 11.6 Å². The highest BCUT2D eigenvalue weighted by atomic mass is 35.5. The van der Waals surface area contributed by atoms with E-state index in [0.29, 0.717) is 0 Å². The maximum atomic E-state index is 11.7. The van der Waals surface area contributed by atoms with E-state index in [1.165, 1.54) is 13.0 Å². The van der Waals surface area contributed by atoms with Crippen molar-refractivity contribution in [3.8, 4) is 0 Å². The van der Waals surface area contributed by atoms with Crippen LogP contribution in [0.3, 0.4) is 0 Å². The SMILES string of the molecule is C=CC[C@](Cl)(C(C)=O)C(=O)OC(C)(C)C. The highest BCUT2D eigenvalue weighted by molar-refractivity contribution is 6.45. The molecule has 0 unspecified atom stereocenters. The summed E-state index contributed by atoms with van der Waals surface area (Å²) in [6.07, 6.45) is 1.50. The zero-order chi connectivity index (χ0) is 12.3. The summed E-state index contributed by atoms with van der Waals surface area (Å²) >= 11 is 5.94. The fourth-order valence-corrected chi connectivity index (χ4v) is 1.08. The Kier molecular flexibility index (Phi) is 4.53. The Morgan fingerprint density at radius 2 is 1.87 bits per heavy atom. The second-order valence-electron chi connectivity index (χ2n) is 4.35. The lowest BCUT2D eigenvalue weighted by Crippen LogP contribution is -2.44. The molecule has 1 atom stereocenters. The van der Waals surface area contributed by atoms with Crippen LogP contribution in [-0.2, 0) is 14.3 Å². The van der Waals surface area contributed by atoms with E-state index in [1.54, 1.807) is 20.8 Å². The first-order chi connectivity index (χ1) is 6.63. The molecule has 0 amide bonds. The number of Topliss-reactive ketones (excluding diaryl/α,β-unsaturated/α-hetero) is 1. The van der Waals surface area contributed by atoms with Gasteiger partial charge in [-0.15, -0.1) is 6.58 Å². The first-order valence-corrected chi connectivity index (χ1v) is 5.05. The molecule has 0 radical (unpaired) electrons. The minimum Gasteiger partial charge on any atom is -0.458 e. The second kappa shape index (κ2) is 4.79. The third-order valence-corrected chi connectivity index (χ3v) is 2.28. The van der Waals surface area contributed by atoms with E-state index >= 15 is 0 Å². The summed E-state index contributed by atoms with van der Waals surface area (Å²) in [5, 5.41) is 0. The van der Waals surface area contributed by atoms with Crippen molar-refractivity contribution in [3.63, 3.8) is 0 Å². The Morgan fingerprint density at radius 3 is 2.13 bits per heavy atom. The van der Waals surface area contributed by atoms with Crippen molar-refractivity contribution in [3.05, 3.63) is 12.7 Å². The standard InChI is InChI=1S/C11H17ClO3/c1-6-7-11(12,8(2)13)9(14)15-10(3,4)5/h6H,1,7H2,2-5H3/t11-/m0/s1. The Labute approximate surface area is 95.4 Å². The summed E-state index contributed by atoms with van der Waals surface area (Å²) < 4.78 is 5.08. The molecule has 0 bridgehead atoms. The van der Waals surface area contributed by atoms with Crippen LogP contribution in [0.5, 0.6) is 0 Å². The number of halogens is 1. The fourth-order valence-electron chi connectivity index (χ4n) is 0.929. The normalized spacial score (nSPS) is 15.3. The number of rotatable bonds is 4. The van der Waals surface area contributed by atoms with Crippen molar-refractivity contribution in [1.82, 2.24) is 0 Å². The lowest BCUT2D eigenvalue weighted by Gasteiger charge is -2.27. The molecule has 4 heteroatoms. The van der Waals surface area contributed by atoms with Gasteiger partial charge in [-0.1, -0.05) is 17.7 Å². The summed E-state index contributed by atoms with van der Waals surface area (Å²) in [5.41, 5.74) is -0.659. The van der Waals surface area contributed by atoms with Gasteiger partial charge in [0.2, 0.25) is 4.87 Å². The quantitative estimate of drug-likeness (QED) is 0.324. The van der Waals surface area contributed by atoms with Gasteiger partial charge in [-0.3, -0.25) is 4.79 Å². The van der Waals surface area contributed by atoms with Crippen LogP contribution in [0.25, 0.3) is 0 Å². The Bertz CT molecular complexity index is 278. The summed E-state index contributed by atoms with van der Waals surface area (Å²) in [4.78, 5) is 21.4. The minimum atomic E-state index is -1.63. The molecule has 0 N–H and O–H groups in total. The topological polar surface area (TPSA) is 43.4 Å². The maximum absolute atomic E-state index is 11.7. The van der Waals surface area contributed by atoms with E-state index in [0.717, 1.165) is 0 Å². The minimum absolute atomic E-state index is 0.0683. The highest BCUT2D eigenvalue weighted by Gasteiger charge is 2.43. The molecular formula is C11H17ClO3. The number of ether oxygens (including phenoxy) is 1. The van der Waals surface area contributed by atoms with Crippen LogP contribution in [0.2, 0.25) is 0 Å². The average Bonchev–Trinajstić information content (AvgIpc) is 2.00. The van der Waals surface area contributed by atoms with E-state index < -0.39 is 22.2 Å². The number of carbonyl (C=O) groups excluding carboxylic acids is 2. The maximum Gasteiger partial charge on any atom is 0.335 e. The van der Waals surface area contributed by atoms with Gasteiger partial charge in [-0.05, 0) is 27.7 Å². The molecule has 0 aromatic rings. The molecule has 0 saturated carbocycles. The molecule has 0 aromatic heterocycles. The van der Waals surface area contributed by atoms with Crippen LogP contribution in [0.1, 0.15) is 34.1 Å². The van der Waals surface area contributed by atoms with Gasteiger partial charge in [0.1, 0.15) is 5.60 Å². The van der Waals surface area contributed by atoms with Crippen molar-refractivity contribution in [2.75, 3.05) is 0 Å². The van der Waals surface area contributed by atoms with Gasteiger partial charge in [-0.25, -0.2) is 4.79 Å². The smallest absolute Gasteiger partial charge is 0.335 e. The third kappa shape index (κ3) is 4.04. The fraction of sp³-hybridized carbons (Fsp3) is 0.636. The first kappa shape index (κ1) is 14.2. The van der Waals surface area contributed by atoms with Crippen LogP contribution in [0.15, 0.2) is 12.7 Å². The number of carbonyl (C=O) groups is 2. The van der Waals surface area contributed by atoms with Gasteiger partial charge < -0.3 is 4.74 Å². The largest absolute Gasteiger partial charge is 0.458 e. The predicted octanol–water partition coefficient (Wildman–Crippen LogP) is 2.47. The number of hydrogen-bond donors (Lipinski definition) is 0. The number of hydrogen-bond acceptors (Lipinski definition) is 3. The van der Waals surface area contributed by atoms with Gasteiger partial charge >= 0.3 is 5.97 Å². The number of ketones is 1. The molecule has 0 heterocycles. The van der Waals surface area contributed by atoms with Gasteiger partial charge in [0.15, 0.2) is 5.78 Å². The molecule has 0 aliphatic carbocycles. The van der Waals surface area contributed by atoms with E-state index in [2.05, 4.69) is 6.58 Å². The zero-order valence-electron chi connectivity index (χ0n) is 9.59. The van der Waals surface area contributed by atoms with E-state index in [4.69, 9.17) is 16.3 Å². The van der Waals surface area contributed by atoms with Crippen molar-refractivity contribution < 1.29 is 14.3 Å². The molecule has 0 saturated heterocycles. The van der Waals surface area contributed by atoms with Crippen LogP contribution in [0, 0.1) is 0 Å². The molecular weight excluding hydrogens is 216 g/mol. The van der Waals surface area contributed by atoms with Crippen molar-refractivity contribution in [2.24, 2.45) is 0 Å². The molecule has 0 aromatic carbocycles. The van der Waals surface area contributed by atoms with E-state index in [9.17, 15) is 9.59 Å². The molecule has 0 spiro atoms. The van der Waals surface area contributed by atoms with E-state index in [-0.39, 0.29) is 6.42 Å². The van der Waals surface area contributed by atoms with Crippen molar-refractivity contribution in [2.45, 2.75) is 44.6 Å². The lowest BCUT2D eigenvalue weighted by molar-refractivity contribution is -0.159. The number of esters is 1. The van der Waals surface area contributed by atoms with Gasteiger partial charge in [0.25, 0.3) is 0 Å². The van der Waals surface area contributed by atoms with Gasteiger partial charge in [0, 0.05) is 6.42 Å². The van der Waals surface area contributed by atoms with Gasteiger partial charge in [-0.2, -0.15) is 0 Å². The average molecular weight is 233 g/mol. The lowest BCUT2D eigenvalue weighted by atomic mass is 10.00. The van der Waals surface area contributed by atoms with Crippen LogP contribution in [-0.4, -0.2) is 22.2 Å². The van der Waals surface area contributed by atoms with Crippen molar-refractivity contribution >= 4 is 23.4 Å². The Morgan fingerprint density at radius 1 is 1.40 bits per heavy atom. The van der Waals surface area contributed by atoms with Crippen LogP contribution < -0.4 is 0 Å². The first-order valence-electron chi connectivity index (χ1n) is 4.68. The molecule has 0 rings (SSSR count). The van der Waals surface area contributed by atoms with E-state index in [1.807, 2.05) is 0 Å². The molecule has 86 valence electrons. The summed E-state index contributed by atoms with van der Waals surface area (Å²) in [7, 11) is 0. The molecule has 0 fully saturated rings. The van der Waals surface area contributed by atoms with Crippen LogP contribution in [0.4, 0.5) is 0 Å². The Hall–Kier alpha value is -0.830. The third-order valence-electron chi connectivity index (χ3n) is 1.71. The van der Waals surface area contributed by atoms with Gasteiger partial charge in [0.05, 0.1) is 0 Å². The molecule has 0 aliphatic rings. The number of allylic oxidation sites excluding steroid dienone is 1. The second-order valence-corrected chi connectivity index (χ2v) is 5.00. The molecule has 3 nitrogen and oxygen atoms in total. The highest BCUT2D eigenvalue weighted by Crippen LogP contribution is 2.26. The predicted molar refractivity (Wildman–Crippen MR) is 59.9 cm³/mol. The zero-order valence-corrected chi connectivity index (χ0v) is 10.4. The summed E-state index contributed by atoms with van der Waals surface area (Å²) in [6, 6.07) is 0. The Balaban J connectivity index is 4.87. The molecule has 15 heavy (non-hydrogen) atoms.